The van der Waals surface area contributed by atoms with E-state index in [9.17, 15) is 4.79 Å². The minimum Gasteiger partial charge on any atom is -0.299 e. The second-order valence-electron chi connectivity index (χ2n) is 5.88. The SMILES string of the molecule is CCC(C)C(=O)CCCC(C)(C)c1ccccc1. The molecule has 0 aromatic heterocycles. The Balaban J connectivity index is 2.46. The molecule has 0 saturated carbocycles. The molecule has 1 rings (SSSR count). The summed E-state index contributed by atoms with van der Waals surface area (Å²) in [6.45, 7) is 8.63. The van der Waals surface area contributed by atoms with E-state index in [0.29, 0.717) is 5.78 Å². The molecule has 1 aromatic rings. The fourth-order valence-corrected chi connectivity index (χ4v) is 2.21. The molecule has 0 saturated heterocycles. The van der Waals surface area contributed by atoms with Gasteiger partial charge in [0.1, 0.15) is 5.78 Å². The summed E-state index contributed by atoms with van der Waals surface area (Å²) in [5.41, 5.74) is 1.53. The zero-order valence-corrected chi connectivity index (χ0v) is 12.2. The van der Waals surface area contributed by atoms with E-state index in [1.165, 1.54) is 5.56 Å². The average molecular weight is 246 g/mol. The Morgan fingerprint density at radius 2 is 1.83 bits per heavy atom. The van der Waals surface area contributed by atoms with Gasteiger partial charge in [-0.25, -0.2) is 0 Å². The first-order valence-corrected chi connectivity index (χ1v) is 7.05. The summed E-state index contributed by atoms with van der Waals surface area (Å²) in [4.78, 5) is 11.8. The third-order valence-corrected chi connectivity index (χ3v) is 3.94. The smallest absolute Gasteiger partial charge is 0.135 e. The highest BCUT2D eigenvalue weighted by Gasteiger charge is 2.20. The quantitative estimate of drug-likeness (QED) is 0.678. The molecule has 0 N–H and O–H groups in total. The monoisotopic (exact) mass is 246 g/mol. The van der Waals surface area contributed by atoms with E-state index in [1.807, 2.05) is 13.0 Å². The summed E-state index contributed by atoms with van der Waals surface area (Å²) in [6.07, 6.45) is 3.75. The lowest BCUT2D eigenvalue weighted by Crippen LogP contribution is -2.18. The van der Waals surface area contributed by atoms with Gasteiger partial charge in [0.15, 0.2) is 0 Å². The van der Waals surface area contributed by atoms with Gasteiger partial charge in [-0.3, -0.25) is 4.79 Å². The molecular formula is C17H26O. The van der Waals surface area contributed by atoms with Crippen LogP contribution in [-0.4, -0.2) is 5.78 Å². The Morgan fingerprint density at radius 3 is 2.39 bits per heavy atom. The van der Waals surface area contributed by atoms with Crippen LogP contribution in [-0.2, 0) is 10.2 Å². The molecule has 0 aliphatic heterocycles. The Kier molecular flexibility index (Phi) is 5.58. The van der Waals surface area contributed by atoms with Crippen LogP contribution < -0.4 is 0 Å². The van der Waals surface area contributed by atoms with Crippen molar-refractivity contribution in [3.63, 3.8) is 0 Å². The predicted octanol–water partition coefficient (Wildman–Crippen LogP) is 4.75. The molecule has 0 amide bonds. The molecule has 0 fully saturated rings. The molecule has 100 valence electrons. The number of ketones is 1. The van der Waals surface area contributed by atoms with Gasteiger partial charge in [0.2, 0.25) is 0 Å². The molecule has 1 aromatic carbocycles. The highest BCUT2D eigenvalue weighted by atomic mass is 16.1. The maximum atomic E-state index is 11.8. The van der Waals surface area contributed by atoms with Crippen LogP contribution in [0.2, 0.25) is 0 Å². The van der Waals surface area contributed by atoms with Crippen LogP contribution in [0.5, 0.6) is 0 Å². The number of carbonyl (C=O) groups excluding carboxylic acids is 1. The Morgan fingerprint density at radius 1 is 1.22 bits per heavy atom. The van der Waals surface area contributed by atoms with E-state index < -0.39 is 0 Å². The standard InChI is InChI=1S/C17H26O/c1-5-14(2)16(18)12-9-13-17(3,4)15-10-7-6-8-11-15/h6-8,10-11,14H,5,9,12-13H2,1-4H3. The van der Waals surface area contributed by atoms with E-state index in [-0.39, 0.29) is 11.3 Å². The minimum absolute atomic E-state index is 0.164. The number of carbonyl (C=O) groups is 1. The van der Waals surface area contributed by atoms with Crippen molar-refractivity contribution in [2.24, 2.45) is 5.92 Å². The third kappa shape index (κ3) is 4.29. The molecule has 0 aliphatic rings. The Hall–Kier alpha value is -1.11. The van der Waals surface area contributed by atoms with Crippen LogP contribution in [0.4, 0.5) is 0 Å². The van der Waals surface area contributed by atoms with Crippen molar-refractivity contribution in [3.05, 3.63) is 35.9 Å². The first-order valence-electron chi connectivity index (χ1n) is 7.05. The summed E-state index contributed by atoms with van der Waals surface area (Å²) in [5.74, 6) is 0.645. The molecule has 0 aliphatic carbocycles. The van der Waals surface area contributed by atoms with Gasteiger partial charge >= 0.3 is 0 Å². The lowest BCUT2D eigenvalue weighted by atomic mass is 9.79. The summed E-state index contributed by atoms with van der Waals surface area (Å²) in [6, 6.07) is 10.6. The normalized spacial score (nSPS) is 13.3. The van der Waals surface area contributed by atoms with Gasteiger partial charge in [0, 0.05) is 12.3 Å². The highest BCUT2D eigenvalue weighted by Crippen LogP contribution is 2.29. The number of hydrogen-bond acceptors (Lipinski definition) is 1. The molecule has 0 spiro atoms. The van der Waals surface area contributed by atoms with Crippen molar-refractivity contribution < 1.29 is 4.79 Å². The molecule has 1 atom stereocenters. The van der Waals surface area contributed by atoms with Gasteiger partial charge < -0.3 is 0 Å². The fraction of sp³-hybridized carbons (Fsp3) is 0.588. The van der Waals surface area contributed by atoms with E-state index in [0.717, 1.165) is 25.7 Å². The molecule has 18 heavy (non-hydrogen) atoms. The number of Topliss-reactive ketones (excluding diaryl/α,β-unsaturated/α-hetero) is 1. The van der Waals surface area contributed by atoms with Crippen molar-refractivity contribution in [1.29, 1.82) is 0 Å². The van der Waals surface area contributed by atoms with Crippen molar-refractivity contribution >= 4 is 5.78 Å². The van der Waals surface area contributed by atoms with Gasteiger partial charge in [0.05, 0.1) is 0 Å². The third-order valence-electron chi connectivity index (χ3n) is 3.94. The largest absolute Gasteiger partial charge is 0.299 e. The van der Waals surface area contributed by atoms with Crippen molar-refractivity contribution in [2.75, 3.05) is 0 Å². The number of benzene rings is 1. The lowest BCUT2D eigenvalue weighted by Gasteiger charge is -2.25. The molecule has 0 heterocycles. The maximum absolute atomic E-state index is 11.8. The molecule has 1 unspecified atom stereocenters. The predicted molar refractivity (Wildman–Crippen MR) is 77.8 cm³/mol. The molecule has 0 bridgehead atoms. The second kappa shape index (κ2) is 6.72. The van der Waals surface area contributed by atoms with Crippen LogP contribution in [0.1, 0.15) is 58.9 Å². The summed E-state index contributed by atoms with van der Waals surface area (Å²) in [7, 11) is 0. The van der Waals surface area contributed by atoms with Gasteiger partial charge in [-0.15, -0.1) is 0 Å². The lowest BCUT2D eigenvalue weighted by molar-refractivity contribution is -0.122. The Labute approximate surface area is 112 Å². The molecule has 1 heteroatoms. The number of hydrogen-bond donors (Lipinski definition) is 0. The zero-order chi connectivity index (χ0) is 13.6. The second-order valence-corrected chi connectivity index (χ2v) is 5.88. The van der Waals surface area contributed by atoms with Gasteiger partial charge in [-0.1, -0.05) is 58.0 Å². The van der Waals surface area contributed by atoms with Gasteiger partial charge in [-0.2, -0.15) is 0 Å². The molecular weight excluding hydrogens is 220 g/mol. The van der Waals surface area contributed by atoms with Crippen molar-refractivity contribution in [3.8, 4) is 0 Å². The van der Waals surface area contributed by atoms with Crippen LogP contribution in [0.15, 0.2) is 30.3 Å². The average Bonchev–Trinajstić information content (AvgIpc) is 2.38. The topological polar surface area (TPSA) is 17.1 Å². The van der Waals surface area contributed by atoms with Crippen LogP contribution >= 0.6 is 0 Å². The van der Waals surface area contributed by atoms with E-state index in [4.69, 9.17) is 0 Å². The van der Waals surface area contributed by atoms with Crippen molar-refractivity contribution in [1.82, 2.24) is 0 Å². The fourth-order valence-electron chi connectivity index (χ4n) is 2.21. The van der Waals surface area contributed by atoms with E-state index in [2.05, 4.69) is 45.0 Å². The van der Waals surface area contributed by atoms with Gasteiger partial charge in [-0.05, 0) is 30.2 Å². The molecule has 1 nitrogen and oxygen atoms in total. The Bertz CT molecular complexity index is 364. The summed E-state index contributed by atoms with van der Waals surface area (Å²) < 4.78 is 0. The minimum atomic E-state index is 0.164. The van der Waals surface area contributed by atoms with E-state index in [1.54, 1.807) is 0 Å². The van der Waals surface area contributed by atoms with Crippen LogP contribution in [0.25, 0.3) is 0 Å². The van der Waals surface area contributed by atoms with E-state index >= 15 is 0 Å². The first-order chi connectivity index (χ1) is 8.47. The molecule has 0 radical (unpaired) electrons. The summed E-state index contributed by atoms with van der Waals surface area (Å²) >= 11 is 0. The summed E-state index contributed by atoms with van der Waals surface area (Å²) in [5, 5.41) is 0. The van der Waals surface area contributed by atoms with Gasteiger partial charge in [0.25, 0.3) is 0 Å². The van der Waals surface area contributed by atoms with Crippen LogP contribution in [0.3, 0.4) is 0 Å². The van der Waals surface area contributed by atoms with Crippen LogP contribution in [0, 0.1) is 5.92 Å². The van der Waals surface area contributed by atoms with Crippen molar-refractivity contribution in [2.45, 2.75) is 58.8 Å². The maximum Gasteiger partial charge on any atom is 0.135 e. The number of rotatable bonds is 7. The first kappa shape index (κ1) is 14.9. The highest BCUT2D eigenvalue weighted by molar-refractivity contribution is 5.80. The zero-order valence-electron chi connectivity index (χ0n) is 12.2.